The monoisotopic (exact) mass is 464 g/mol. The molecule has 178 valence electrons. The van der Waals surface area contributed by atoms with Gasteiger partial charge >= 0.3 is 5.97 Å². The zero-order valence-corrected chi connectivity index (χ0v) is 24.4. The Morgan fingerprint density at radius 1 is 1.03 bits per heavy atom. The third-order valence-corrected chi connectivity index (χ3v) is 16.0. The van der Waals surface area contributed by atoms with E-state index in [1.807, 2.05) is 19.9 Å². The molecule has 0 N–H and O–H groups in total. The molecule has 0 aromatic heterocycles. The molecule has 0 aliphatic carbocycles. The maximum Gasteiger partial charge on any atom is 0.333 e. The summed E-state index contributed by atoms with van der Waals surface area (Å²) >= 11 is 0. The summed E-state index contributed by atoms with van der Waals surface area (Å²) in [5.74, 6) is 3.48. The lowest BCUT2D eigenvalue weighted by molar-refractivity contribution is -0.138. The SMILES string of the molecule is CCOC(=O)/C(C)=C/C(C)=C/[C@@H](C)[C@@H](C#C[Si](CC)(CC)CC)O[Si](C)(C)C(C)(C)C. The van der Waals surface area contributed by atoms with E-state index in [1.54, 1.807) is 6.92 Å². The molecule has 2 atom stereocenters. The molecule has 0 unspecified atom stereocenters. The van der Waals surface area contributed by atoms with Crippen molar-refractivity contribution < 1.29 is 14.0 Å². The van der Waals surface area contributed by atoms with Gasteiger partial charge in [0, 0.05) is 11.5 Å². The lowest BCUT2D eigenvalue weighted by Gasteiger charge is -2.39. The summed E-state index contributed by atoms with van der Waals surface area (Å²) in [6.07, 6.45) is 3.94. The quantitative estimate of drug-likeness (QED) is 0.110. The Morgan fingerprint density at radius 3 is 1.97 bits per heavy atom. The van der Waals surface area contributed by atoms with Crippen molar-refractivity contribution in [1.82, 2.24) is 0 Å². The highest BCUT2D eigenvalue weighted by Gasteiger charge is 2.40. The summed E-state index contributed by atoms with van der Waals surface area (Å²) in [7, 11) is -3.53. The molecule has 3 nitrogen and oxygen atoms in total. The standard InChI is InChI=1S/C26H48O3Si2/c1-13-28-25(27)23(7)20-21(5)19-22(6)24(29-30(11,12)26(8,9)10)17-18-31(14-2,15-3)16-4/h19-20,22,24H,13-16H2,1-12H3/b21-19+,23-20+/t22-,24-/m1/s1. The maximum atomic E-state index is 12.0. The van der Waals surface area contributed by atoms with Gasteiger partial charge in [-0.2, -0.15) is 0 Å². The zero-order chi connectivity index (χ0) is 24.5. The Bertz CT molecular complexity index is 690. The third-order valence-electron chi connectivity index (χ3n) is 6.78. The van der Waals surface area contributed by atoms with Crippen LogP contribution in [0.4, 0.5) is 0 Å². The van der Waals surface area contributed by atoms with Gasteiger partial charge in [-0.1, -0.05) is 66.0 Å². The van der Waals surface area contributed by atoms with Gasteiger partial charge in [0.15, 0.2) is 8.32 Å². The first kappa shape index (κ1) is 29.9. The summed E-state index contributed by atoms with van der Waals surface area (Å²) in [4.78, 5) is 12.0. The molecule has 0 radical (unpaired) electrons. The number of esters is 1. The molecule has 0 fully saturated rings. The molecule has 0 aromatic rings. The highest BCUT2D eigenvalue weighted by atomic mass is 28.4. The number of hydrogen-bond donors (Lipinski definition) is 0. The van der Waals surface area contributed by atoms with Crippen LogP contribution in [0.5, 0.6) is 0 Å². The van der Waals surface area contributed by atoms with E-state index in [-0.39, 0.29) is 23.0 Å². The van der Waals surface area contributed by atoms with Gasteiger partial charge in [-0.15, -0.1) is 5.54 Å². The molecule has 0 amide bonds. The van der Waals surface area contributed by atoms with Gasteiger partial charge in [0.1, 0.15) is 14.2 Å². The summed E-state index contributed by atoms with van der Waals surface area (Å²) < 4.78 is 11.9. The molecule has 0 spiro atoms. The van der Waals surface area contributed by atoms with Gasteiger partial charge in [-0.3, -0.25) is 0 Å². The van der Waals surface area contributed by atoms with Gasteiger partial charge in [-0.05, 0) is 63.1 Å². The van der Waals surface area contributed by atoms with E-state index >= 15 is 0 Å². The van der Waals surface area contributed by atoms with Crippen molar-refractivity contribution in [3.8, 4) is 11.5 Å². The fraction of sp³-hybridized carbons (Fsp3) is 0.731. The molecule has 0 aromatic carbocycles. The Kier molecular flexibility index (Phi) is 12.4. The Balaban J connectivity index is 6.05. The molecule has 0 heterocycles. The molecule has 0 saturated carbocycles. The average Bonchev–Trinajstić information content (AvgIpc) is 2.67. The molecule has 0 aliphatic rings. The number of allylic oxidation sites excluding steroid dienone is 2. The van der Waals surface area contributed by atoms with Gasteiger partial charge < -0.3 is 9.16 Å². The number of rotatable bonds is 10. The highest BCUT2D eigenvalue weighted by molar-refractivity contribution is 6.87. The lowest BCUT2D eigenvalue weighted by atomic mass is 10.0. The molecular formula is C26H48O3Si2. The van der Waals surface area contributed by atoms with Gasteiger partial charge in [0.05, 0.1) is 6.61 Å². The van der Waals surface area contributed by atoms with E-state index in [1.165, 1.54) is 18.1 Å². The van der Waals surface area contributed by atoms with Crippen molar-refractivity contribution in [3.63, 3.8) is 0 Å². The molecule has 0 bridgehead atoms. The second kappa shape index (κ2) is 12.8. The van der Waals surface area contributed by atoms with Crippen LogP contribution in [0.3, 0.4) is 0 Å². The lowest BCUT2D eigenvalue weighted by Crippen LogP contribution is -2.45. The third kappa shape index (κ3) is 9.51. The average molecular weight is 465 g/mol. The Hall–Kier alpha value is -1.10. The van der Waals surface area contributed by atoms with Crippen LogP contribution in [0.15, 0.2) is 23.3 Å². The van der Waals surface area contributed by atoms with Gasteiger partial charge in [-0.25, -0.2) is 4.79 Å². The molecule has 0 rings (SSSR count). The largest absolute Gasteiger partial charge is 0.463 e. The van der Waals surface area contributed by atoms with E-state index in [9.17, 15) is 4.79 Å². The van der Waals surface area contributed by atoms with E-state index in [0.717, 1.165) is 5.57 Å². The predicted molar refractivity (Wildman–Crippen MR) is 140 cm³/mol. The van der Waals surface area contributed by atoms with Crippen LogP contribution < -0.4 is 0 Å². The molecule has 31 heavy (non-hydrogen) atoms. The van der Waals surface area contributed by atoms with Crippen LogP contribution in [0, 0.1) is 17.4 Å². The Labute approximate surface area is 195 Å². The first-order valence-corrected chi connectivity index (χ1v) is 17.5. The zero-order valence-electron chi connectivity index (χ0n) is 22.4. The van der Waals surface area contributed by atoms with Crippen LogP contribution in [-0.4, -0.2) is 35.1 Å². The number of hydrogen-bond acceptors (Lipinski definition) is 3. The summed E-state index contributed by atoms with van der Waals surface area (Å²) in [5.41, 5.74) is 5.41. The van der Waals surface area contributed by atoms with E-state index in [2.05, 4.69) is 79.1 Å². The van der Waals surface area contributed by atoms with E-state index in [0.29, 0.717) is 12.2 Å². The molecule has 5 heteroatoms. The smallest absolute Gasteiger partial charge is 0.333 e. The molecule has 0 aliphatic heterocycles. The van der Waals surface area contributed by atoms with Crippen molar-refractivity contribution >= 4 is 22.4 Å². The van der Waals surface area contributed by atoms with Crippen LogP contribution in [0.1, 0.15) is 69.2 Å². The first-order valence-electron chi connectivity index (χ1n) is 11.9. The van der Waals surface area contributed by atoms with Crippen molar-refractivity contribution in [2.75, 3.05) is 6.61 Å². The molecular weight excluding hydrogens is 416 g/mol. The first-order chi connectivity index (χ1) is 14.2. The van der Waals surface area contributed by atoms with Crippen molar-refractivity contribution in [2.45, 2.75) is 112 Å². The van der Waals surface area contributed by atoms with Crippen molar-refractivity contribution in [3.05, 3.63) is 23.3 Å². The van der Waals surface area contributed by atoms with Crippen LogP contribution in [0.2, 0.25) is 36.3 Å². The van der Waals surface area contributed by atoms with Gasteiger partial charge in [0.25, 0.3) is 0 Å². The summed E-state index contributed by atoms with van der Waals surface area (Å²) in [6.45, 7) is 26.5. The topological polar surface area (TPSA) is 35.5 Å². The van der Waals surface area contributed by atoms with Crippen LogP contribution in [0.25, 0.3) is 0 Å². The van der Waals surface area contributed by atoms with Crippen molar-refractivity contribution in [2.24, 2.45) is 5.92 Å². The fourth-order valence-corrected chi connectivity index (χ4v) is 6.94. The summed E-state index contributed by atoms with van der Waals surface area (Å²) in [6, 6.07) is 3.56. The predicted octanol–water partition coefficient (Wildman–Crippen LogP) is 7.52. The number of carbonyl (C=O) groups excluding carboxylic acids is 1. The number of carbonyl (C=O) groups is 1. The minimum absolute atomic E-state index is 0.126. The second-order valence-corrected chi connectivity index (χ2v) is 19.9. The maximum absolute atomic E-state index is 12.0. The normalized spacial score (nSPS) is 15.7. The Morgan fingerprint density at radius 2 is 1.55 bits per heavy atom. The highest BCUT2D eigenvalue weighted by Crippen LogP contribution is 2.38. The molecule has 0 saturated heterocycles. The number of ether oxygens (including phenoxy) is 1. The fourth-order valence-electron chi connectivity index (χ4n) is 3.20. The van der Waals surface area contributed by atoms with E-state index < -0.39 is 16.4 Å². The van der Waals surface area contributed by atoms with Gasteiger partial charge in [0.2, 0.25) is 0 Å². The van der Waals surface area contributed by atoms with Crippen molar-refractivity contribution in [1.29, 1.82) is 0 Å². The minimum Gasteiger partial charge on any atom is -0.463 e. The van der Waals surface area contributed by atoms with Crippen LogP contribution >= 0.6 is 0 Å². The second-order valence-electron chi connectivity index (χ2n) is 10.2. The minimum atomic E-state index is -1.98. The van der Waals surface area contributed by atoms with Crippen LogP contribution in [-0.2, 0) is 14.0 Å². The summed E-state index contributed by atoms with van der Waals surface area (Å²) in [5, 5.41) is 0.126. The van der Waals surface area contributed by atoms with E-state index in [4.69, 9.17) is 9.16 Å².